The summed E-state index contributed by atoms with van der Waals surface area (Å²) < 4.78 is 1.93. The second kappa shape index (κ2) is 5.93. The molecule has 1 heterocycles. The molecule has 1 aromatic carbocycles. The van der Waals surface area contributed by atoms with Gasteiger partial charge in [-0.3, -0.25) is 16.3 Å². The summed E-state index contributed by atoms with van der Waals surface area (Å²) in [7, 11) is 0. The lowest BCUT2D eigenvalue weighted by Crippen LogP contribution is -2.32. The Morgan fingerprint density at radius 3 is 2.85 bits per heavy atom. The molecule has 0 fully saturated rings. The van der Waals surface area contributed by atoms with E-state index >= 15 is 0 Å². The molecule has 1 aliphatic carbocycles. The van der Waals surface area contributed by atoms with Crippen LogP contribution in [-0.2, 0) is 6.42 Å². The third kappa shape index (κ3) is 2.68. The summed E-state index contributed by atoms with van der Waals surface area (Å²) in [5.74, 6) is 6.30. The van der Waals surface area contributed by atoms with Crippen LogP contribution in [0.5, 0.6) is 0 Å². The maximum Gasteiger partial charge on any atom is 0.0729 e. The van der Waals surface area contributed by atoms with E-state index in [0.717, 1.165) is 27.5 Å². The highest BCUT2D eigenvalue weighted by molar-refractivity contribution is 9.11. The summed E-state index contributed by atoms with van der Waals surface area (Å²) in [6.45, 7) is 0. The number of nitrogens with one attached hydrogen (secondary N) is 1. The first kappa shape index (κ1) is 14.2. The quantitative estimate of drug-likeness (QED) is 0.609. The molecular weight excluding hydrogens is 382 g/mol. The molecule has 3 nitrogen and oxygen atoms in total. The van der Waals surface area contributed by atoms with Gasteiger partial charge in [0.1, 0.15) is 0 Å². The van der Waals surface area contributed by atoms with E-state index in [1.807, 2.05) is 6.07 Å². The number of hydrogen-bond donors (Lipinski definition) is 2. The summed E-state index contributed by atoms with van der Waals surface area (Å²) >= 11 is 6.98. The first-order chi connectivity index (χ1) is 9.69. The summed E-state index contributed by atoms with van der Waals surface area (Å²) in [5.41, 5.74) is 6.76. The van der Waals surface area contributed by atoms with E-state index in [2.05, 4.69) is 66.5 Å². The Balaban J connectivity index is 1.79. The predicted molar refractivity (Wildman–Crippen MR) is 87.2 cm³/mol. The molecule has 1 aromatic heterocycles. The average Bonchev–Trinajstić information content (AvgIpc) is 2.41. The molecular formula is C15H15Br2N3. The minimum Gasteiger partial charge on any atom is -0.271 e. The van der Waals surface area contributed by atoms with Gasteiger partial charge in [-0.25, -0.2) is 0 Å². The first-order valence-corrected chi connectivity index (χ1v) is 8.12. The van der Waals surface area contributed by atoms with Gasteiger partial charge in [-0.05, 0) is 67.8 Å². The van der Waals surface area contributed by atoms with Crippen LogP contribution in [0.3, 0.4) is 0 Å². The molecule has 0 saturated carbocycles. The Morgan fingerprint density at radius 1 is 1.35 bits per heavy atom. The number of hydrogen-bond acceptors (Lipinski definition) is 3. The highest BCUT2D eigenvalue weighted by Gasteiger charge is 2.29. The number of nitrogens with two attached hydrogens (primary N) is 1. The van der Waals surface area contributed by atoms with Crippen LogP contribution in [0, 0.1) is 0 Å². The standard InChI is InChI=1S/C15H15Br2N3/c16-11-7-13(17)15(19-8-11)14(20-18)6-10-5-9-3-1-2-4-12(9)10/h1-4,7-8,10,14,20H,5-6,18H2. The lowest BCUT2D eigenvalue weighted by atomic mass is 9.74. The molecule has 0 aliphatic heterocycles. The zero-order valence-electron chi connectivity index (χ0n) is 10.8. The van der Waals surface area contributed by atoms with Gasteiger partial charge in [-0.1, -0.05) is 24.3 Å². The van der Waals surface area contributed by atoms with Crippen LogP contribution in [0.25, 0.3) is 0 Å². The second-order valence-corrected chi connectivity index (χ2v) is 6.85. The zero-order valence-corrected chi connectivity index (χ0v) is 14.0. The molecule has 0 amide bonds. The van der Waals surface area contributed by atoms with E-state index in [0.29, 0.717) is 5.92 Å². The minimum atomic E-state index is 0.0517. The number of benzene rings is 1. The largest absolute Gasteiger partial charge is 0.271 e. The maximum atomic E-state index is 5.74. The van der Waals surface area contributed by atoms with Gasteiger partial charge in [0.25, 0.3) is 0 Å². The van der Waals surface area contributed by atoms with Crippen molar-refractivity contribution < 1.29 is 0 Å². The fourth-order valence-corrected chi connectivity index (χ4v) is 4.06. The third-order valence-corrected chi connectivity index (χ3v) is 4.92. The average molecular weight is 397 g/mol. The van der Waals surface area contributed by atoms with Crippen LogP contribution in [0.15, 0.2) is 45.5 Å². The number of rotatable bonds is 4. The lowest BCUT2D eigenvalue weighted by molar-refractivity contribution is 0.427. The van der Waals surface area contributed by atoms with E-state index in [-0.39, 0.29) is 6.04 Å². The first-order valence-electron chi connectivity index (χ1n) is 6.54. The highest BCUT2D eigenvalue weighted by atomic mass is 79.9. The van der Waals surface area contributed by atoms with Gasteiger partial charge >= 0.3 is 0 Å². The van der Waals surface area contributed by atoms with Crippen molar-refractivity contribution in [3.05, 3.63) is 62.3 Å². The molecule has 0 radical (unpaired) electrons. The summed E-state index contributed by atoms with van der Waals surface area (Å²) in [6, 6.07) is 10.7. The van der Waals surface area contributed by atoms with E-state index in [1.165, 1.54) is 11.1 Å². The molecule has 2 unspecified atom stereocenters. The Morgan fingerprint density at radius 2 is 2.15 bits per heavy atom. The second-order valence-electron chi connectivity index (χ2n) is 5.08. The van der Waals surface area contributed by atoms with E-state index in [9.17, 15) is 0 Å². The van der Waals surface area contributed by atoms with Gasteiger partial charge in [0.05, 0.1) is 11.7 Å². The number of halogens is 2. The summed E-state index contributed by atoms with van der Waals surface area (Å²) in [4.78, 5) is 4.48. The molecule has 1 aliphatic rings. The van der Waals surface area contributed by atoms with Crippen molar-refractivity contribution in [2.24, 2.45) is 5.84 Å². The van der Waals surface area contributed by atoms with Gasteiger partial charge in [-0.15, -0.1) is 0 Å². The van der Waals surface area contributed by atoms with Crippen LogP contribution >= 0.6 is 31.9 Å². The molecule has 5 heteroatoms. The molecule has 3 rings (SSSR count). The molecule has 104 valence electrons. The minimum absolute atomic E-state index is 0.0517. The van der Waals surface area contributed by atoms with Gasteiger partial charge in [0, 0.05) is 15.1 Å². The summed E-state index contributed by atoms with van der Waals surface area (Å²) in [5, 5.41) is 0. The van der Waals surface area contributed by atoms with Gasteiger partial charge in [0.15, 0.2) is 0 Å². The fourth-order valence-electron chi connectivity index (χ4n) is 2.80. The number of aromatic nitrogens is 1. The lowest BCUT2D eigenvalue weighted by Gasteiger charge is -2.33. The fraction of sp³-hybridized carbons (Fsp3) is 0.267. The van der Waals surface area contributed by atoms with Gasteiger partial charge in [-0.2, -0.15) is 0 Å². The summed E-state index contributed by atoms with van der Waals surface area (Å²) in [6.07, 6.45) is 3.89. The topological polar surface area (TPSA) is 50.9 Å². The smallest absolute Gasteiger partial charge is 0.0729 e. The molecule has 20 heavy (non-hydrogen) atoms. The highest BCUT2D eigenvalue weighted by Crippen LogP contribution is 2.41. The van der Waals surface area contributed by atoms with Crippen molar-refractivity contribution in [3.63, 3.8) is 0 Å². The van der Waals surface area contributed by atoms with E-state index in [1.54, 1.807) is 6.20 Å². The molecule has 3 N–H and O–H groups in total. The number of fused-ring (bicyclic) bond motifs is 1. The van der Waals surface area contributed by atoms with E-state index < -0.39 is 0 Å². The van der Waals surface area contributed by atoms with Gasteiger partial charge in [0.2, 0.25) is 0 Å². The molecule has 0 spiro atoms. The third-order valence-electron chi connectivity index (χ3n) is 3.85. The zero-order chi connectivity index (χ0) is 14.1. The number of nitrogens with zero attached hydrogens (tertiary/aromatic N) is 1. The predicted octanol–water partition coefficient (Wildman–Crippen LogP) is 3.84. The molecule has 2 aromatic rings. The molecule has 2 atom stereocenters. The number of hydrazine groups is 1. The van der Waals surface area contributed by atoms with Crippen LogP contribution < -0.4 is 11.3 Å². The van der Waals surface area contributed by atoms with Crippen molar-refractivity contribution >= 4 is 31.9 Å². The van der Waals surface area contributed by atoms with Crippen LogP contribution in [0.1, 0.15) is 35.2 Å². The number of pyridine rings is 1. The molecule has 0 bridgehead atoms. The van der Waals surface area contributed by atoms with Crippen molar-refractivity contribution in [2.75, 3.05) is 0 Å². The normalized spacial score (nSPS) is 18.2. The van der Waals surface area contributed by atoms with Crippen molar-refractivity contribution in [1.29, 1.82) is 0 Å². The Labute approximate surface area is 135 Å². The van der Waals surface area contributed by atoms with Crippen LogP contribution in [0.2, 0.25) is 0 Å². The van der Waals surface area contributed by atoms with Crippen molar-refractivity contribution in [3.8, 4) is 0 Å². The SMILES string of the molecule is NNC(CC1Cc2ccccc21)c1ncc(Br)cc1Br. The monoisotopic (exact) mass is 395 g/mol. The molecule has 0 saturated heterocycles. The van der Waals surface area contributed by atoms with Gasteiger partial charge < -0.3 is 0 Å². The Hall–Kier alpha value is -0.750. The van der Waals surface area contributed by atoms with E-state index in [4.69, 9.17) is 5.84 Å². The van der Waals surface area contributed by atoms with Crippen LogP contribution in [0.4, 0.5) is 0 Å². The van der Waals surface area contributed by atoms with Crippen LogP contribution in [-0.4, -0.2) is 4.98 Å². The van der Waals surface area contributed by atoms with Crippen molar-refractivity contribution in [1.82, 2.24) is 10.4 Å². The Kier molecular flexibility index (Phi) is 4.21. The maximum absolute atomic E-state index is 5.74. The van der Waals surface area contributed by atoms with Crippen molar-refractivity contribution in [2.45, 2.75) is 24.8 Å². The Bertz CT molecular complexity index is 630.